The lowest BCUT2D eigenvalue weighted by Crippen LogP contribution is -2.22. The number of carboxylic acids is 1. The number of carboxylic acid groups (broad SMARTS) is 1. The SMILES string of the molecule is Cc1cccc(Cn2c(=O)c(O)c(C(=O)O)c3sccc32)c1.O=S=O. The summed E-state index contributed by atoms with van der Waals surface area (Å²) in [6, 6.07) is 9.39. The van der Waals surface area contributed by atoms with E-state index in [0.29, 0.717) is 10.2 Å². The molecule has 0 spiro atoms. The van der Waals surface area contributed by atoms with E-state index in [2.05, 4.69) is 0 Å². The molecule has 2 N–H and O–H groups in total. The lowest BCUT2D eigenvalue weighted by Gasteiger charge is -2.11. The van der Waals surface area contributed by atoms with Crippen LogP contribution in [-0.2, 0) is 18.1 Å². The highest BCUT2D eigenvalue weighted by molar-refractivity contribution is 7.51. The number of benzene rings is 1. The molecule has 130 valence electrons. The molecular formula is C16H13NO6S2. The van der Waals surface area contributed by atoms with Gasteiger partial charge in [0.1, 0.15) is 5.56 Å². The van der Waals surface area contributed by atoms with Gasteiger partial charge in [-0.15, -0.1) is 11.3 Å². The number of aromatic carboxylic acids is 1. The molecule has 3 rings (SSSR count). The number of aryl methyl sites for hydroxylation is 1. The largest absolute Gasteiger partial charge is 0.502 e. The number of thiophene rings is 1. The van der Waals surface area contributed by atoms with Crippen molar-refractivity contribution in [3.8, 4) is 5.75 Å². The highest BCUT2D eigenvalue weighted by atomic mass is 32.1. The number of hydrogen-bond donors (Lipinski definition) is 2. The molecule has 0 fully saturated rings. The molecule has 7 nitrogen and oxygen atoms in total. The summed E-state index contributed by atoms with van der Waals surface area (Å²) < 4.78 is 18.4. The summed E-state index contributed by atoms with van der Waals surface area (Å²) in [7, 11) is 0. The van der Waals surface area contributed by atoms with Gasteiger partial charge in [-0.25, -0.2) is 4.79 Å². The molecule has 0 saturated carbocycles. The molecule has 0 amide bonds. The Hall–Kier alpha value is -2.78. The molecular weight excluding hydrogens is 366 g/mol. The third-order valence-corrected chi connectivity index (χ3v) is 4.40. The second kappa shape index (κ2) is 7.86. The van der Waals surface area contributed by atoms with Gasteiger partial charge in [0.25, 0.3) is 5.56 Å². The van der Waals surface area contributed by atoms with Crippen molar-refractivity contribution >= 4 is 39.1 Å². The summed E-state index contributed by atoms with van der Waals surface area (Å²) in [6.45, 7) is 2.23. The average Bonchev–Trinajstić information content (AvgIpc) is 3.01. The van der Waals surface area contributed by atoms with E-state index in [1.807, 2.05) is 31.2 Å². The van der Waals surface area contributed by atoms with Crippen molar-refractivity contribution in [2.75, 3.05) is 0 Å². The van der Waals surface area contributed by atoms with Crippen molar-refractivity contribution in [3.05, 3.63) is 62.8 Å². The standard InChI is InChI=1S/C16H13NO4S.O2S/c1-9-3-2-4-10(7-9)8-17-11-5-6-22-14(11)12(16(20)21)13(18)15(17)19;1-3-2/h2-7,18H,8H2,1H3,(H,20,21);. The minimum Gasteiger partial charge on any atom is -0.502 e. The van der Waals surface area contributed by atoms with E-state index in [4.69, 9.17) is 8.42 Å². The number of pyridine rings is 1. The monoisotopic (exact) mass is 379 g/mol. The predicted molar refractivity (Wildman–Crippen MR) is 93.9 cm³/mol. The maximum atomic E-state index is 12.3. The first-order valence-electron chi connectivity index (χ1n) is 6.94. The predicted octanol–water partition coefficient (Wildman–Crippen LogP) is 2.15. The molecule has 0 aliphatic rings. The Bertz CT molecular complexity index is 1030. The number of hydrogen-bond acceptors (Lipinski definition) is 6. The fourth-order valence-electron chi connectivity index (χ4n) is 2.50. The van der Waals surface area contributed by atoms with Crippen LogP contribution in [-0.4, -0.2) is 29.2 Å². The molecule has 9 heteroatoms. The molecule has 1 aromatic carbocycles. The third-order valence-electron chi connectivity index (χ3n) is 3.48. The summed E-state index contributed by atoms with van der Waals surface area (Å²) in [4.78, 5) is 23.6. The van der Waals surface area contributed by atoms with E-state index in [-0.39, 0.29) is 12.1 Å². The summed E-state index contributed by atoms with van der Waals surface area (Å²) in [6.07, 6.45) is 0. The van der Waals surface area contributed by atoms with Crippen molar-refractivity contribution in [2.45, 2.75) is 13.5 Å². The van der Waals surface area contributed by atoms with Crippen molar-refractivity contribution in [1.82, 2.24) is 4.57 Å². The van der Waals surface area contributed by atoms with Crippen LogP contribution in [0, 0.1) is 6.92 Å². The van der Waals surface area contributed by atoms with Gasteiger partial charge in [0.2, 0.25) is 0 Å². The van der Waals surface area contributed by atoms with Crippen LogP contribution in [0.1, 0.15) is 21.5 Å². The molecule has 0 saturated heterocycles. The van der Waals surface area contributed by atoms with Crippen LogP contribution in [0.15, 0.2) is 40.5 Å². The van der Waals surface area contributed by atoms with E-state index < -0.39 is 28.8 Å². The van der Waals surface area contributed by atoms with E-state index >= 15 is 0 Å². The third kappa shape index (κ3) is 3.83. The number of aromatic hydroxyl groups is 1. The molecule has 0 aliphatic heterocycles. The van der Waals surface area contributed by atoms with Gasteiger partial charge >= 0.3 is 17.5 Å². The Morgan fingerprint density at radius 2 is 1.96 bits per heavy atom. The Balaban J connectivity index is 0.000000701. The number of aromatic nitrogens is 1. The van der Waals surface area contributed by atoms with Gasteiger partial charge in [-0.3, -0.25) is 9.36 Å². The smallest absolute Gasteiger partial charge is 0.341 e. The first-order valence-corrected chi connectivity index (χ1v) is 8.49. The zero-order valence-corrected chi connectivity index (χ0v) is 14.6. The van der Waals surface area contributed by atoms with Gasteiger partial charge in [0, 0.05) is 0 Å². The van der Waals surface area contributed by atoms with Crippen LogP contribution < -0.4 is 5.56 Å². The number of fused-ring (bicyclic) bond motifs is 1. The molecule has 25 heavy (non-hydrogen) atoms. The van der Waals surface area contributed by atoms with Gasteiger partial charge in [-0.2, -0.15) is 8.42 Å². The summed E-state index contributed by atoms with van der Waals surface area (Å²) in [5.74, 6) is -2.01. The summed E-state index contributed by atoms with van der Waals surface area (Å²) in [5.41, 5.74) is 1.49. The molecule has 3 aromatic rings. The summed E-state index contributed by atoms with van der Waals surface area (Å²) >= 11 is 0.442. The van der Waals surface area contributed by atoms with Crippen molar-refractivity contribution in [1.29, 1.82) is 0 Å². The minimum absolute atomic E-state index is 0.279. The average molecular weight is 379 g/mol. The topological polar surface area (TPSA) is 114 Å². The van der Waals surface area contributed by atoms with Crippen LogP contribution in [0.4, 0.5) is 0 Å². The molecule has 0 unspecified atom stereocenters. The molecule has 0 radical (unpaired) electrons. The lowest BCUT2D eigenvalue weighted by atomic mass is 10.1. The molecule has 0 bridgehead atoms. The quantitative estimate of drug-likeness (QED) is 0.721. The lowest BCUT2D eigenvalue weighted by molar-refractivity contribution is 0.0695. The second-order valence-corrected chi connectivity index (χ2v) is 6.16. The fourth-order valence-corrected chi connectivity index (χ4v) is 3.44. The minimum atomic E-state index is -1.30. The van der Waals surface area contributed by atoms with E-state index in [1.165, 1.54) is 15.9 Å². The highest BCUT2D eigenvalue weighted by Crippen LogP contribution is 2.29. The number of rotatable bonds is 3. The van der Waals surface area contributed by atoms with Crippen LogP contribution in [0.25, 0.3) is 10.2 Å². The van der Waals surface area contributed by atoms with Gasteiger partial charge in [-0.1, -0.05) is 29.8 Å². The number of carbonyl (C=O) groups is 1. The van der Waals surface area contributed by atoms with Crippen molar-refractivity contribution in [3.63, 3.8) is 0 Å². The normalized spacial score (nSPS) is 10.1. The zero-order chi connectivity index (χ0) is 18.6. The first-order chi connectivity index (χ1) is 11.9. The van der Waals surface area contributed by atoms with E-state index in [9.17, 15) is 19.8 Å². The van der Waals surface area contributed by atoms with Crippen molar-refractivity contribution < 1.29 is 23.4 Å². The van der Waals surface area contributed by atoms with Crippen LogP contribution in [0.3, 0.4) is 0 Å². The molecule has 0 atom stereocenters. The molecule has 2 aromatic heterocycles. The first kappa shape index (κ1) is 18.6. The summed E-state index contributed by atoms with van der Waals surface area (Å²) in [5, 5.41) is 20.9. The maximum Gasteiger partial charge on any atom is 0.341 e. The van der Waals surface area contributed by atoms with Crippen molar-refractivity contribution in [2.24, 2.45) is 0 Å². The van der Waals surface area contributed by atoms with E-state index in [1.54, 1.807) is 11.4 Å². The van der Waals surface area contributed by atoms with Gasteiger partial charge < -0.3 is 10.2 Å². The Kier molecular flexibility index (Phi) is 5.84. The zero-order valence-electron chi connectivity index (χ0n) is 13.0. The molecule has 0 aliphatic carbocycles. The highest BCUT2D eigenvalue weighted by Gasteiger charge is 2.22. The Labute approximate surface area is 149 Å². The van der Waals surface area contributed by atoms with Crippen LogP contribution in [0.5, 0.6) is 5.75 Å². The maximum absolute atomic E-state index is 12.3. The van der Waals surface area contributed by atoms with Gasteiger partial charge in [0.05, 0.1) is 16.8 Å². The molecule has 2 heterocycles. The van der Waals surface area contributed by atoms with Gasteiger partial charge in [-0.05, 0) is 23.9 Å². The Morgan fingerprint density at radius 3 is 2.56 bits per heavy atom. The fraction of sp³-hybridized carbons (Fsp3) is 0.125. The van der Waals surface area contributed by atoms with Crippen LogP contribution in [0.2, 0.25) is 0 Å². The second-order valence-electron chi connectivity index (χ2n) is 5.11. The van der Waals surface area contributed by atoms with Crippen LogP contribution >= 0.6 is 11.3 Å². The number of nitrogens with zero attached hydrogens (tertiary/aromatic N) is 1. The Morgan fingerprint density at radius 1 is 1.28 bits per heavy atom. The van der Waals surface area contributed by atoms with E-state index in [0.717, 1.165) is 11.1 Å². The van der Waals surface area contributed by atoms with Gasteiger partial charge in [0.15, 0.2) is 5.75 Å².